The van der Waals surface area contributed by atoms with Gasteiger partial charge in [-0.05, 0) is 12.1 Å². The predicted molar refractivity (Wildman–Crippen MR) is 91.2 cm³/mol. The van der Waals surface area contributed by atoms with Gasteiger partial charge in [-0.2, -0.15) is 18.3 Å². The predicted octanol–water partition coefficient (Wildman–Crippen LogP) is 3.69. The van der Waals surface area contributed by atoms with Gasteiger partial charge in [0, 0.05) is 54.4 Å². The minimum Gasteiger partial charge on any atom is -0.335 e. The fourth-order valence-electron chi connectivity index (χ4n) is 2.75. The molecule has 26 heavy (non-hydrogen) atoms. The summed E-state index contributed by atoms with van der Waals surface area (Å²) in [5.41, 5.74) is -0.453. The van der Waals surface area contributed by atoms with Crippen molar-refractivity contribution in [3.8, 4) is 0 Å². The van der Waals surface area contributed by atoms with Crippen molar-refractivity contribution in [2.75, 3.05) is 26.2 Å². The van der Waals surface area contributed by atoms with Crippen LogP contribution in [-0.2, 0) is 12.7 Å². The molecule has 0 radical (unpaired) electrons. The molecule has 2 aromatic rings. The van der Waals surface area contributed by atoms with Gasteiger partial charge in [0.05, 0.1) is 0 Å². The molecule has 10 heteroatoms. The highest BCUT2D eigenvalue weighted by molar-refractivity contribution is 6.35. The van der Waals surface area contributed by atoms with Gasteiger partial charge in [0.25, 0.3) is 5.91 Å². The van der Waals surface area contributed by atoms with E-state index in [1.807, 2.05) is 5.10 Å². The minimum atomic E-state index is -4.56. The molecule has 0 bridgehead atoms. The van der Waals surface area contributed by atoms with Gasteiger partial charge in [-0.15, -0.1) is 0 Å². The van der Waals surface area contributed by atoms with E-state index in [0.717, 1.165) is 11.6 Å². The first-order valence-electron chi connectivity index (χ1n) is 7.83. The summed E-state index contributed by atoms with van der Waals surface area (Å²) in [5.74, 6) is -0.521. The third-order valence-electron chi connectivity index (χ3n) is 4.21. The van der Waals surface area contributed by atoms with Crippen LogP contribution >= 0.6 is 23.2 Å². The highest BCUT2D eigenvalue weighted by Crippen LogP contribution is 2.28. The van der Waals surface area contributed by atoms with Crippen LogP contribution in [0.15, 0.2) is 24.3 Å². The maximum atomic E-state index is 12.6. The van der Waals surface area contributed by atoms with Gasteiger partial charge in [-0.3, -0.25) is 14.8 Å². The van der Waals surface area contributed by atoms with Gasteiger partial charge in [0.15, 0.2) is 5.69 Å². The number of nitrogens with one attached hydrogen (secondary N) is 1. The molecule has 1 saturated heterocycles. The standard InChI is InChI=1S/C16H15Cl2F3N4O/c17-11-2-1-3-12(18)10(11)9-24-4-6-25(7-5-24)15(26)13-8-14(23-22-13)16(19,20)21/h1-3,8H,4-7,9H2,(H,22,23). The van der Waals surface area contributed by atoms with Crippen LogP contribution in [0.25, 0.3) is 0 Å². The Morgan fingerprint density at radius 2 is 1.77 bits per heavy atom. The Labute approximate surface area is 157 Å². The molecular formula is C16H15Cl2F3N4O. The molecule has 1 fully saturated rings. The smallest absolute Gasteiger partial charge is 0.335 e. The van der Waals surface area contributed by atoms with Gasteiger partial charge >= 0.3 is 6.18 Å². The van der Waals surface area contributed by atoms with Gasteiger partial charge in [0.2, 0.25) is 0 Å². The summed E-state index contributed by atoms with van der Waals surface area (Å²) < 4.78 is 37.8. The molecule has 0 spiro atoms. The lowest BCUT2D eigenvalue weighted by Gasteiger charge is -2.34. The Kier molecular flexibility index (Phi) is 5.45. The second-order valence-electron chi connectivity index (χ2n) is 5.93. The van der Waals surface area contributed by atoms with Crippen molar-refractivity contribution in [3.63, 3.8) is 0 Å². The van der Waals surface area contributed by atoms with Crippen LogP contribution in [0, 0.1) is 0 Å². The molecule has 1 aromatic carbocycles. The molecular weight excluding hydrogens is 392 g/mol. The largest absolute Gasteiger partial charge is 0.432 e. The topological polar surface area (TPSA) is 52.2 Å². The molecule has 1 aliphatic heterocycles. The van der Waals surface area contributed by atoms with Crippen LogP contribution in [-0.4, -0.2) is 52.1 Å². The van der Waals surface area contributed by atoms with Crippen LogP contribution in [0.4, 0.5) is 13.2 Å². The first-order chi connectivity index (χ1) is 12.3. The van der Waals surface area contributed by atoms with E-state index in [4.69, 9.17) is 23.2 Å². The lowest BCUT2D eigenvalue weighted by molar-refractivity contribution is -0.141. The summed E-state index contributed by atoms with van der Waals surface area (Å²) in [5, 5.41) is 6.49. The zero-order valence-electron chi connectivity index (χ0n) is 13.5. The van der Waals surface area contributed by atoms with Gasteiger partial charge in [-0.1, -0.05) is 29.3 Å². The summed E-state index contributed by atoms with van der Waals surface area (Å²) in [4.78, 5) is 15.9. The summed E-state index contributed by atoms with van der Waals surface area (Å²) >= 11 is 12.3. The van der Waals surface area contributed by atoms with E-state index in [0.29, 0.717) is 42.8 Å². The van der Waals surface area contributed by atoms with E-state index in [-0.39, 0.29) is 5.69 Å². The van der Waals surface area contributed by atoms with E-state index in [1.54, 1.807) is 18.2 Å². The summed E-state index contributed by atoms with van der Waals surface area (Å²) in [6, 6.07) is 6.03. The first kappa shape index (κ1) is 19.0. The number of nitrogens with zero attached hydrogens (tertiary/aromatic N) is 3. The number of rotatable bonds is 3. The van der Waals surface area contributed by atoms with E-state index in [1.165, 1.54) is 4.90 Å². The van der Waals surface area contributed by atoms with Gasteiger partial charge in [-0.25, -0.2) is 0 Å². The number of piperazine rings is 1. The third-order valence-corrected chi connectivity index (χ3v) is 4.91. The van der Waals surface area contributed by atoms with Gasteiger partial charge < -0.3 is 4.90 Å². The average molecular weight is 407 g/mol. The van der Waals surface area contributed by atoms with E-state index >= 15 is 0 Å². The number of carbonyl (C=O) groups excluding carboxylic acids is 1. The maximum Gasteiger partial charge on any atom is 0.432 e. The molecule has 1 N–H and O–H groups in total. The van der Waals surface area contributed by atoms with E-state index in [2.05, 4.69) is 10.00 Å². The third kappa shape index (κ3) is 4.13. The fraction of sp³-hybridized carbons (Fsp3) is 0.375. The number of amides is 1. The Hall–Kier alpha value is -1.77. The van der Waals surface area contributed by atoms with Crippen molar-refractivity contribution in [1.82, 2.24) is 20.0 Å². The Balaban J connectivity index is 1.60. The lowest BCUT2D eigenvalue weighted by atomic mass is 10.2. The average Bonchev–Trinajstić information content (AvgIpc) is 3.09. The second-order valence-corrected chi connectivity index (χ2v) is 6.75. The molecule has 3 rings (SSSR count). The van der Waals surface area contributed by atoms with Crippen molar-refractivity contribution in [2.45, 2.75) is 12.7 Å². The highest BCUT2D eigenvalue weighted by Gasteiger charge is 2.34. The molecule has 2 heterocycles. The van der Waals surface area contributed by atoms with Crippen molar-refractivity contribution >= 4 is 29.1 Å². The summed E-state index contributed by atoms with van der Waals surface area (Å²) in [6.45, 7) is 2.43. The molecule has 0 atom stereocenters. The van der Waals surface area contributed by atoms with Crippen molar-refractivity contribution in [1.29, 1.82) is 0 Å². The zero-order valence-corrected chi connectivity index (χ0v) is 15.0. The molecule has 1 aliphatic rings. The maximum absolute atomic E-state index is 12.6. The van der Waals surface area contributed by atoms with Crippen LogP contribution in [0.3, 0.4) is 0 Å². The van der Waals surface area contributed by atoms with Crippen molar-refractivity contribution in [3.05, 3.63) is 51.3 Å². The number of benzene rings is 1. The molecule has 1 aromatic heterocycles. The summed E-state index contributed by atoms with van der Waals surface area (Å²) in [6.07, 6.45) is -4.56. The van der Waals surface area contributed by atoms with E-state index < -0.39 is 17.8 Å². The molecule has 5 nitrogen and oxygen atoms in total. The number of H-pyrrole nitrogens is 1. The van der Waals surface area contributed by atoms with Crippen molar-refractivity contribution < 1.29 is 18.0 Å². The molecule has 0 saturated carbocycles. The van der Waals surface area contributed by atoms with Gasteiger partial charge in [0.1, 0.15) is 5.69 Å². The monoisotopic (exact) mass is 406 g/mol. The number of halogens is 5. The molecule has 140 valence electrons. The van der Waals surface area contributed by atoms with Crippen LogP contribution in [0.5, 0.6) is 0 Å². The normalized spacial score (nSPS) is 16.1. The molecule has 1 amide bonds. The highest BCUT2D eigenvalue weighted by atomic mass is 35.5. The quantitative estimate of drug-likeness (QED) is 0.845. The first-order valence-corrected chi connectivity index (χ1v) is 8.58. The molecule has 0 aliphatic carbocycles. The second kappa shape index (κ2) is 7.46. The number of aromatic amines is 1. The lowest BCUT2D eigenvalue weighted by Crippen LogP contribution is -2.48. The van der Waals surface area contributed by atoms with Crippen LogP contribution < -0.4 is 0 Å². The number of hydrogen-bond acceptors (Lipinski definition) is 3. The van der Waals surface area contributed by atoms with Crippen LogP contribution in [0.2, 0.25) is 10.0 Å². The number of alkyl halides is 3. The Morgan fingerprint density at radius 1 is 1.15 bits per heavy atom. The Morgan fingerprint density at radius 3 is 2.31 bits per heavy atom. The number of hydrogen-bond donors (Lipinski definition) is 1. The fourth-order valence-corrected chi connectivity index (χ4v) is 3.27. The van der Waals surface area contributed by atoms with E-state index in [9.17, 15) is 18.0 Å². The van der Waals surface area contributed by atoms with Crippen LogP contribution in [0.1, 0.15) is 21.7 Å². The molecule has 0 unspecified atom stereocenters. The summed E-state index contributed by atoms with van der Waals surface area (Å²) in [7, 11) is 0. The number of carbonyl (C=O) groups is 1. The zero-order chi connectivity index (χ0) is 18.9. The SMILES string of the molecule is O=C(c1cc(C(F)(F)F)[nH]n1)N1CCN(Cc2c(Cl)cccc2Cl)CC1. The van der Waals surface area contributed by atoms with Crippen molar-refractivity contribution in [2.24, 2.45) is 0 Å². The Bertz CT molecular complexity index is 781. The minimum absolute atomic E-state index is 0.236. The number of aromatic nitrogens is 2.